The van der Waals surface area contributed by atoms with Crippen molar-refractivity contribution in [2.45, 2.75) is 53.4 Å². The van der Waals surface area contributed by atoms with Gasteiger partial charge in [0.25, 0.3) is 0 Å². The summed E-state index contributed by atoms with van der Waals surface area (Å²) >= 11 is 0. The first-order chi connectivity index (χ1) is 10.2. The van der Waals surface area contributed by atoms with Gasteiger partial charge in [-0.25, -0.2) is 9.97 Å². The molecule has 118 valence electrons. The smallest absolute Gasteiger partial charge is 0.137 e. The number of aromatic nitrogens is 2. The van der Waals surface area contributed by atoms with Crippen LogP contribution in [0, 0.1) is 11.8 Å². The molecule has 1 aromatic rings. The Morgan fingerprint density at radius 1 is 1.19 bits per heavy atom. The second-order valence-corrected chi connectivity index (χ2v) is 6.39. The standard InChI is InChI=1S/C17H30N4/c1-5-7-15-16(18-9-6-2)19-12-20-17(15)21-10-8-13(3)14(4)11-21/h12-14H,5-11H2,1-4H3,(H,18,19,20). The summed E-state index contributed by atoms with van der Waals surface area (Å²) in [5.74, 6) is 3.74. The van der Waals surface area contributed by atoms with Crippen molar-refractivity contribution in [2.75, 3.05) is 29.9 Å². The molecule has 1 aliphatic rings. The predicted octanol–water partition coefficient (Wildman–Crippen LogP) is 3.73. The summed E-state index contributed by atoms with van der Waals surface area (Å²) in [6, 6.07) is 0. The lowest BCUT2D eigenvalue weighted by Crippen LogP contribution is -2.39. The largest absolute Gasteiger partial charge is 0.370 e. The van der Waals surface area contributed by atoms with Crippen LogP contribution in [0.3, 0.4) is 0 Å². The van der Waals surface area contributed by atoms with Crippen LogP contribution in [0.15, 0.2) is 6.33 Å². The molecule has 2 atom stereocenters. The van der Waals surface area contributed by atoms with E-state index in [2.05, 4.69) is 47.9 Å². The summed E-state index contributed by atoms with van der Waals surface area (Å²) in [6.07, 6.45) is 6.26. The first-order valence-corrected chi connectivity index (χ1v) is 8.50. The van der Waals surface area contributed by atoms with Gasteiger partial charge in [0.2, 0.25) is 0 Å². The highest BCUT2D eigenvalue weighted by atomic mass is 15.2. The van der Waals surface area contributed by atoms with E-state index in [-0.39, 0.29) is 0 Å². The fraction of sp³-hybridized carbons (Fsp3) is 0.765. The Labute approximate surface area is 129 Å². The maximum absolute atomic E-state index is 4.62. The van der Waals surface area contributed by atoms with Gasteiger partial charge >= 0.3 is 0 Å². The highest BCUT2D eigenvalue weighted by Gasteiger charge is 2.25. The van der Waals surface area contributed by atoms with Crippen LogP contribution in [0.2, 0.25) is 0 Å². The van der Waals surface area contributed by atoms with Crippen LogP contribution in [-0.2, 0) is 6.42 Å². The quantitative estimate of drug-likeness (QED) is 0.866. The van der Waals surface area contributed by atoms with E-state index in [0.29, 0.717) is 0 Å². The summed E-state index contributed by atoms with van der Waals surface area (Å²) < 4.78 is 0. The van der Waals surface area contributed by atoms with E-state index in [1.807, 2.05) is 0 Å². The third-order valence-electron chi connectivity index (χ3n) is 4.60. The molecule has 0 saturated carbocycles. The van der Waals surface area contributed by atoms with E-state index in [9.17, 15) is 0 Å². The molecule has 2 heterocycles. The van der Waals surface area contributed by atoms with E-state index in [4.69, 9.17) is 0 Å². The zero-order valence-electron chi connectivity index (χ0n) is 14.0. The Morgan fingerprint density at radius 3 is 2.67 bits per heavy atom. The van der Waals surface area contributed by atoms with Crippen LogP contribution in [-0.4, -0.2) is 29.6 Å². The fourth-order valence-corrected chi connectivity index (χ4v) is 3.01. The minimum absolute atomic E-state index is 0.732. The normalized spacial score (nSPS) is 22.4. The molecule has 0 radical (unpaired) electrons. The van der Waals surface area contributed by atoms with Crippen LogP contribution in [0.1, 0.15) is 52.5 Å². The molecular weight excluding hydrogens is 260 g/mol. The third kappa shape index (κ3) is 3.86. The molecule has 4 heteroatoms. The topological polar surface area (TPSA) is 41.1 Å². The number of nitrogens with one attached hydrogen (secondary N) is 1. The van der Waals surface area contributed by atoms with Crippen molar-refractivity contribution in [3.8, 4) is 0 Å². The molecule has 2 unspecified atom stereocenters. The van der Waals surface area contributed by atoms with Crippen molar-refractivity contribution in [1.29, 1.82) is 0 Å². The average molecular weight is 290 g/mol. The summed E-state index contributed by atoms with van der Waals surface area (Å²) in [5, 5.41) is 3.47. The first kappa shape index (κ1) is 16.1. The van der Waals surface area contributed by atoms with Gasteiger partial charge < -0.3 is 10.2 Å². The monoisotopic (exact) mass is 290 g/mol. The molecule has 0 amide bonds. The summed E-state index contributed by atoms with van der Waals surface area (Å²) in [7, 11) is 0. The van der Waals surface area contributed by atoms with Crippen molar-refractivity contribution < 1.29 is 0 Å². The van der Waals surface area contributed by atoms with E-state index in [0.717, 1.165) is 62.4 Å². The van der Waals surface area contributed by atoms with Gasteiger partial charge in [-0.05, 0) is 31.1 Å². The van der Waals surface area contributed by atoms with E-state index in [1.165, 1.54) is 12.0 Å². The van der Waals surface area contributed by atoms with Gasteiger partial charge in [-0.2, -0.15) is 0 Å². The molecule has 0 bridgehead atoms. The van der Waals surface area contributed by atoms with Gasteiger partial charge in [0, 0.05) is 25.2 Å². The Hall–Kier alpha value is -1.32. The van der Waals surface area contributed by atoms with Crippen LogP contribution >= 0.6 is 0 Å². The van der Waals surface area contributed by atoms with Crippen LogP contribution in [0.25, 0.3) is 0 Å². The lowest BCUT2D eigenvalue weighted by atomic mass is 9.88. The summed E-state index contributed by atoms with van der Waals surface area (Å²) in [4.78, 5) is 11.6. The highest BCUT2D eigenvalue weighted by Crippen LogP contribution is 2.30. The first-order valence-electron chi connectivity index (χ1n) is 8.50. The number of rotatable bonds is 6. The number of anilines is 2. The Balaban J connectivity index is 2.25. The second kappa shape index (κ2) is 7.62. The molecule has 1 aliphatic heterocycles. The number of piperidine rings is 1. The van der Waals surface area contributed by atoms with Gasteiger partial charge in [-0.3, -0.25) is 0 Å². The van der Waals surface area contributed by atoms with Crippen molar-refractivity contribution in [3.63, 3.8) is 0 Å². The van der Waals surface area contributed by atoms with Crippen LogP contribution < -0.4 is 10.2 Å². The zero-order valence-corrected chi connectivity index (χ0v) is 14.0. The Bertz CT molecular complexity index is 446. The van der Waals surface area contributed by atoms with E-state index < -0.39 is 0 Å². The molecule has 1 saturated heterocycles. The van der Waals surface area contributed by atoms with Gasteiger partial charge in [-0.1, -0.05) is 34.1 Å². The molecule has 0 aliphatic carbocycles. The van der Waals surface area contributed by atoms with Crippen LogP contribution in [0.5, 0.6) is 0 Å². The van der Waals surface area contributed by atoms with E-state index >= 15 is 0 Å². The molecule has 21 heavy (non-hydrogen) atoms. The lowest BCUT2D eigenvalue weighted by molar-refractivity contribution is 0.322. The van der Waals surface area contributed by atoms with Gasteiger partial charge in [0.05, 0.1) is 0 Å². The van der Waals surface area contributed by atoms with Crippen LogP contribution in [0.4, 0.5) is 11.6 Å². The fourth-order valence-electron chi connectivity index (χ4n) is 3.01. The van der Waals surface area contributed by atoms with Crippen molar-refractivity contribution in [3.05, 3.63) is 11.9 Å². The molecule has 0 aromatic carbocycles. The number of hydrogen-bond acceptors (Lipinski definition) is 4. The minimum Gasteiger partial charge on any atom is -0.370 e. The van der Waals surface area contributed by atoms with Crippen molar-refractivity contribution in [2.24, 2.45) is 11.8 Å². The summed E-state index contributed by atoms with van der Waals surface area (Å²) in [5.41, 5.74) is 1.30. The zero-order chi connectivity index (χ0) is 15.2. The minimum atomic E-state index is 0.732. The molecule has 4 nitrogen and oxygen atoms in total. The highest BCUT2D eigenvalue weighted by molar-refractivity contribution is 5.59. The second-order valence-electron chi connectivity index (χ2n) is 6.39. The lowest BCUT2D eigenvalue weighted by Gasteiger charge is -2.37. The molecule has 1 aromatic heterocycles. The van der Waals surface area contributed by atoms with Crippen molar-refractivity contribution in [1.82, 2.24) is 9.97 Å². The summed E-state index contributed by atoms with van der Waals surface area (Å²) in [6.45, 7) is 12.3. The maximum atomic E-state index is 4.62. The molecule has 2 rings (SSSR count). The van der Waals surface area contributed by atoms with Crippen molar-refractivity contribution >= 4 is 11.6 Å². The number of nitrogens with zero attached hydrogens (tertiary/aromatic N) is 3. The molecule has 1 fully saturated rings. The average Bonchev–Trinajstić information content (AvgIpc) is 2.49. The van der Waals surface area contributed by atoms with Gasteiger partial charge in [0.1, 0.15) is 18.0 Å². The van der Waals surface area contributed by atoms with Gasteiger partial charge in [-0.15, -0.1) is 0 Å². The number of hydrogen-bond donors (Lipinski definition) is 1. The molecule has 0 spiro atoms. The Kier molecular flexibility index (Phi) is 5.83. The van der Waals surface area contributed by atoms with Gasteiger partial charge in [0.15, 0.2) is 0 Å². The third-order valence-corrected chi connectivity index (χ3v) is 4.60. The Morgan fingerprint density at radius 2 is 2.00 bits per heavy atom. The molecular formula is C17H30N4. The maximum Gasteiger partial charge on any atom is 0.137 e. The van der Waals surface area contributed by atoms with E-state index in [1.54, 1.807) is 6.33 Å². The SMILES string of the molecule is CCCNc1ncnc(N2CCC(C)C(C)C2)c1CCC. The molecule has 1 N–H and O–H groups in total. The predicted molar refractivity (Wildman–Crippen MR) is 90.0 cm³/mol.